The van der Waals surface area contributed by atoms with E-state index in [4.69, 9.17) is 4.74 Å². The first kappa shape index (κ1) is 17.2. The molecule has 24 heavy (non-hydrogen) atoms. The maximum atomic E-state index is 12.2. The zero-order chi connectivity index (χ0) is 16.8. The molecule has 2 N–H and O–H groups in total. The maximum Gasteiger partial charge on any atom is 0.251 e. The number of benzene rings is 1. The molecule has 0 radical (unpaired) electrons. The van der Waals surface area contributed by atoms with Gasteiger partial charge >= 0.3 is 0 Å². The van der Waals surface area contributed by atoms with Crippen LogP contribution in [-0.2, 0) is 4.74 Å². The fourth-order valence-corrected chi connectivity index (χ4v) is 3.55. The van der Waals surface area contributed by atoms with Gasteiger partial charge in [-0.1, -0.05) is 6.92 Å². The van der Waals surface area contributed by atoms with E-state index in [2.05, 4.69) is 22.5 Å². The van der Waals surface area contributed by atoms with Gasteiger partial charge in [0.15, 0.2) is 0 Å². The molecule has 132 valence electrons. The number of rotatable bonds is 6. The lowest BCUT2D eigenvalue weighted by Crippen LogP contribution is -2.41. The van der Waals surface area contributed by atoms with E-state index in [0.717, 1.165) is 50.0 Å². The fraction of sp³-hybridized carbons (Fsp3) is 0.632. The van der Waals surface area contributed by atoms with E-state index in [1.165, 1.54) is 19.3 Å². The van der Waals surface area contributed by atoms with Crippen LogP contribution >= 0.6 is 0 Å². The minimum Gasteiger partial charge on any atom is -0.382 e. The molecular formula is C19H29N3O2. The summed E-state index contributed by atoms with van der Waals surface area (Å²) in [6.45, 7) is 7.37. The molecule has 5 nitrogen and oxygen atoms in total. The Morgan fingerprint density at radius 3 is 2.62 bits per heavy atom. The summed E-state index contributed by atoms with van der Waals surface area (Å²) in [6.07, 6.45) is 3.79. The van der Waals surface area contributed by atoms with Gasteiger partial charge in [-0.15, -0.1) is 0 Å². The Labute approximate surface area is 144 Å². The van der Waals surface area contributed by atoms with Gasteiger partial charge in [0.25, 0.3) is 5.91 Å². The van der Waals surface area contributed by atoms with Gasteiger partial charge in [0, 0.05) is 43.5 Å². The van der Waals surface area contributed by atoms with Crippen LogP contribution < -0.4 is 10.6 Å². The Hall–Kier alpha value is -1.59. The van der Waals surface area contributed by atoms with Crippen molar-refractivity contribution in [3.05, 3.63) is 29.8 Å². The molecule has 0 bridgehead atoms. The highest BCUT2D eigenvalue weighted by molar-refractivity contribution is 5.94. The highest BCUT2D eigenvalue weighted by Gasteiger charge is 2.20. The normalized spacial score (nSPS) is 24.7. The monoisotopic (exact) mass is 331 g/mol. The molecule has 3 rings (SSSR count). The van der Waals surface area contributed by atoms with Crippen molar-refractivity contribution >= 4 is 11.6 Å². The molecule has 5 heteroatoms. The van der Waals surface area contributed by atoms with Crippen molar-refractivity contribution in [1.82, 2.24) is 10.2 Å². The summed E-state index contributed by atoms with van der Waals surface area (Å²) in [5.41, 5.74) is 1.83. The Balaban J connectivity index is 1.41. The van der Waals surface area contributed by atoms with Gasteiger partial charge in [0.1, 0.15) is 0 Å². The molecule has 1 aliphatic heterocycles. The van der Waals surface area contributed by atoms with Crippen molar-refractivity contribution < 1.29 is 9.53 Å². The predicted molar refractivity (Wildman–Crippen MR) is 96.5 cm³/mol. The van der Waals surface area contributed by atoms with Gasteiger partial charge in [-0.3, -0.25) is 9.69 Å². The highest BCUT2D eigenvalue weighted by atomic mass is 16.5. The van der Waals surface area contributed by atoms with Crippen LogP contribution in [0.5, 0.6) is 0 Å². The van der Waals surface area contributed by atoms with Gasteiger partial charge in [-0.05, 0) is 49.4 Å². The van der Waals surface area contributed by atoms with Crippen LogP contribution in [0.3, 0.4) is 0 Å². The first-order chi connectivity index (χ1) is 11.7. The van der Waals surface area contributed by atoms with Crippen LogP contribution in [-0.4, -0.2) is 56.2 Å². The van der Waals surface area contributed by atoms with E-state index < -0.39 is 0 Å². The van der Waals surface area contributed by atoms with Gasteiger partial charge in [-0.2, -0.15) is 0 Å². The quantitative estimate of drug-likeness (QED) is 0.840. The number of nitrogens with one attached hydrogen (secondary N) is 2. The summed E-state index contributed by atoms with van der Waals surface area (Å²) < 4.78 is 5.33. The SMILES string of the molecule is C[C@H]1CC[C@H](Nc2ccc(C(=O)NCCN3CCOCC3)cc2)C1. The third-order valence-corrected chi connectivity index (χ3v) is 5.03. The van der Waals surface area contributed by atoms with E-state index in [0.29, 0.717) is 12.6 Å². The Morgan fingerprint density at radius 2 is 1.96 bits per heavy atom. The summed E-state index contributed by atoms with van der Waals surface area (Å²) in [5.74, 6) is 0.823. The standard InChI is InChI=1S/C19H29N3O2/c1-15-2-5-18(14-15)21-17-6-3-16(4-7-17)19(23)20-8-9-22-10-12-24-13-11-22/h3-4,6-7,15,18,21H,2,5,8-14H2,1H3,(H,20,23)/t15-,18-/m0/s1. The second kappa shape index (κ2) is 8.49. The number of ether oxygens (including phenoxy) is 1. The van der Waals surface area contributed by atoms with Gasteiger partial charge in [-0.25, -0.2) is 0 Å². The van der Waals surface area contributed by atoms with E-state index in [-0.39, 0.29) is 5.91 Å². The number of anilines is 1. The predicted octanol–water partition coefficient (Wildman–Crippen LogP) is 2.35. The van der Waals surface area contributed by atoms with Crippen molar-refractivity contribution in [1.29, 1.82) is 0 Å². The Bertz CT molecular complexity index is 526. The van der Waals surface area contributed by atoms with E-state index >= 15 is 0 Å². The van der Waals surface area contributed by atoms with Crippen LogP contribution in [0.4, 0.5) is 5.69 Å². The van der Waals surface area contributed by atoms with Crippen LogP contribution in [0, 0.1) is 5.92 Å². The summed E-state index contributed by atoms with van der Waals surface area (Å²) >= 11 is 0. The first-order valence-electron chi connectivity index (χ1n) is 9.15. The molecular weight excluding hydrogens is 302 g/mol. The highest BCUT2D eigenvalue weighted by Crippen LogP contribution is 2.27. The van der Waals surface area contributed by atoms with Gasteiger partial charge in [0.05, 0.1) is 13.2 Å². The molecule has 1 saturated heterocycles. The van der Waals surface area contributed by atoms with Crippen LogP contribution in [0.25, 0.3) is 0 Å². The van der Waals surface area contributed by atoms with Crippen molar-refractivity contribution in [3.63, 3.8) is 0 Å². The van der Waals surface area contributed by atoms with Crippen LogP contribution in [0.15, 0.2) is 24.3 Å². The Kier molecular flexibility index (Phi) is 6.10. The van der Waals surface area contributed by atoms with E-state index in [1.54, 1.807) is 0 Å². The Morgan fingerprint density at radius 1 is 1.21 bits per heavy atom. The van der Waals surface area contributed by atoms with Crippen molar-refractivity contribution in [3.8, 4) is 0 Å². The molecule has 0 spiro atoms. The lowest BCUT2D eigenvalue weighted by atomic mass is 10.1. The zero-order valence-corrected chi connectivity index (χ0v) is 14.6. The summed E-state index contributed by atoms with van der Waals surface area (Å²) in [5, 5.41) is 6.58. The van der Waals surface area contributed by atoms with E-state index in [9.17, 15) is 4.79 Å². The average Bonchev–Trinajstić information content (AvgIpc) is 3.01. The largest absolute Gasteiger partial charge is 0.382 e. The molecule has 1 saturated carbocycles. The summed E-state index contributed by atoms with van der Waals surface area (Å²) in [6, 6.07) is 8.42. The third-order valence-electron chi connectivity index (χ3n) is 5.03. The number of carbonyl (C=O) groups is 1. The summed E-state index contributed by atoms with van der Waals surface area (Å²) in [7, 11) is 0. The molecule has 1 heterocycles. The number of carbonyl (C=O) groups excluding carboxylic acids is 1. The van der Waals surface area contributed by atoms with Gasteiger partial charge < -0.3 is 15.4 Å². The molecule has 2 fully saturated rings. The lowest BCUT2D eigenvalue weighted by Gasteiger charge is -2.26. The number of amides is 1. The molecule has 2 aliphatic rings. The van der Waals surface area contributed by atoms with Gasteiger partial charge in [0.2, 0.25) is 0 Å². The molecule has 0 aromatic heterocycles. The molecule has 1 aliphatic carbocycles. The van der Waals surface area contributed by atoms with E-state index in [1.807, 2.05) is 24.3 Å². The van der Waals surface area contributed by atoms with Crippen molar-refractivity contribution in [2.24, 2.45) is 5.92 Å². The second-order valence-electron chi connectivity index (χ2n) is 7.05. The number of hydrogen-bond acceptors (Lipinski definition) is 4. The number of nitrogens with zero attached hydrogens (tertiary/aromatic N) is 1. The summed E-state index contributed by atoms with van der Waals surface area (Å²) in [4.78, 5) is 14.5. The average molecular weight is 331 g/mol. The minimum absolute atomic E-state index is 0.00398. The number of morpholine rings is 1. The van der Waals surface area contributed by atoms with Crippen LogP contribution in [0.1, 0.15) is 36.5 Å². The minimum atomic E-state index is 0.00398. The smallest absolute Gasteiger partial charge is 0.251 e. The van der Waals surface area contributed by atoms with Crippen molar-refractivity contribution in [2.75, 3.05) is 44.7 Å². The first-order valence-corrected chi connectivity index (χ1v) is 9.15. The third kappa shape index (κ3) is 4.95. The topological polar surface area (TPSA) is 53.6 Å². The lowest BCUT2D eigenvalue weighted by molar-refractivity contribution is 0.0383. The molecule has 1 aromatic rings. The fourth-order valence-electron chi connectivity index (χ4n) is 3.55. The second-order valence-corrected chi connectivity index (χ2v) is 7.05. The molecule has 2 atom stereocenters. The molecule has 1 aromatic carbocycles. The maximum absolute atomic E-state index is 12.2. The molecule has 1 amide bonds. The molecule has 0 unspecified atom stereocenters. The number of hydrogen-bond donors (Lipinski definition) is 2. The zero-order valence-electron chi connectivity index (χ0n) is 14.6. The van der Waals surface area contributed by atoms with Crippen LogP contribution in [0.2, 0.25) is 0 Å². The van der Waals surface area contributed by atoms with Crippen molar-refractivity contribution in [2.45, 2.75) is 32.2 Å².